The van der Waals surface area contributed by atoms with Gasteiger partial charge < -0.3 is 25.7 Å². The summed E-state index contributed by atoms with van der Waals surface area (Å²) in [6, 6.07) is -1.40. The van der Waals surface area contributed by atoms with Crippen molar-refractivity contribution < 1.29 is 34.8 Å². The summed E-state index contributed by atoms with van der Waals surface area (Å²) in [7, 11) is 0. The summed E-state index contributed by atoms with van der Waals surface area (Å²) in [6.45, 7) is 6.98. The molecule has 11 unspecified atom stereocenters. The zero-order valence-corrected chi connectivity index (χ0v) is 22.0. The number of carboxylic acid groups (broad SMARTS) is 2. The van der Waals surface area contributed by atoms with E-state index in [1.807, 2.05) is 0 Å². The molecule has 0 aromatic carbocycles. The highest BCUT2D eigenvalue weighted by atomic mass is 16.4. The third kappa shape index (κ3) is 4.92. The lowest BCUT2D eigenvalue weighted by Crippen LogP contribution is -2.58. The third-order valence-corrected chi connectivity index (χ3v) is 11.3. The number of aliphatic hydroxyl groups is 2. The Kier molecular flexibility index (Phi) is 7.78. The maximum Gasteiger partial charge on any atom is 0.326 e. The maximum atomic E-state index is 12.4. The van der Waals surface area contributed by atoms with Crippen LogP contribution in [0, 0.1) is 46.3 Å². The van der Waals surface area contributed by atoms with Crippen LogP contribution in [-0.4, -0.2) is 56.5 Å². The van der Waals surface area contributed by atoms with Gasteiger partial charge in [-0.15, -0.1) is 0 Å². The van der Waals surface area contributed by atoms with Crippen LogP contribution in [0.5, 0.6) is 0 Å². The number of amides is 1. The first kappa shape index (κ1) is 27.4. The van der Waals surface area contributed by atoms with Crippen LogP contribution in [0.1, 0.15) is 91.4 Å². The Morgan fingerprint density at radius 3 is 2.25 bits per heavy atom. The Hall–Kier alpha value is -1.67. The van der Waals surface area contributed by atoms with Crippen molar-refractivity contribution in [3.63, 3.8) is 0 Å². The van der Waals surface area contributed by atoms with Gasteiger partial charge in [-0.3, -0.25) is 9.59 Å². The van der Waals surface area contributed by atoms with Crippen molar-refractivity contribution in [1.82, 2.24) is 5.32 Å². The van der Waals surface area contributed by atoms with Crippen LogP contribution in [-0.2, 0) is 14.4 Å². The first-order valence-corrected chi connectivity index (χ1v) is 14.0. The zero-order valence-electron chi connectivity index (χ0n) is 22.0. The van der Waals surface area contributed by atoms with Gasteiger partial charge in [-0.1, -0.05) is 20.8 Å². The van der Waals surface area contributed by atoms with Gasteiger partial charge in [-0.05, 0) is 104 Å². The van der Waals surface area contributed by atoms with E-state index in [2.05, 4.69) is 26.1 Å². The molecule has 0 aromatic rings. The van der Waals surface area contributed by atoms with Gasteiger partial charge in [0.1, 0.15) is 6.04 Å². The molecule has 4 aliphatic rings. The molecule has 0 spiro atoms. The molecular formula is C28H45NO7. The Balaban J connectivity index is 1.39. The van der Waals surface area contributed by atoms with Crippen LogP contribution in [0.25, 0.3) is 0 Å². The Morgan fingerprint density at radius 2 is 1.58 bits per heavy atom. The van der Waals surface area contributed by atoms with Crippen LogP contribution in [0.4, 0.5) is 0 Å². The minimum atomic E-state index is -1.40. The molecule has 4 rings (SSSR count). The van der Waals surface area contributed by atoms with E-state index < -0.39 is 30.3 Å². The predicted octanol–water partition coefficient (Wildman–Crippen LogP) is 3.44. The van der Waals surface area contributed by atoms with Crippen molar-refractivity contribution in [2.45, 2.75) is 110 Å². The number of aliphatic hydroxyl groups excluding tert-OH is 2. The van der Waals surface area contributed by atoms with Gasteiger partial charge in [0.2, 0.25) is 5.91 Å². The Bertz CT molecular complexity index is 863. The highest BCUT2D eigenvalue weighted by Crippen LogP contribution is 2.68. The highest BCUT2D eigenvalue weighted by Gasteiger charge is 2.62. The van der Waals surface area contributed by atoms with Gasteiger partial charge in [0.15, 0.2) is 0 Å². The SMILES string of the molecule is CC(CCC(=O)NC(CC(=O)O)C(=O)O)C1CCC2C3CC(O)C4CC(O)CCC4(C)C3CCC12C. The van der Waals surface area contributed by atoms with Crippen molar-refractivity contribution in [1.29, 1.82) is 0 Å². The van der Waals surface area contributed by atoms with E-state index in [0.717, 1.165) is 51.4 Å². The second-order valence-corrected chi connectivity index (χ2v) is 13.0. The quantitative estimate of drug-likeness (QED) is 0.338. The molecule has 0 bridgehead atoms. The van der Waals surface area contributed by atoms with Crippen molar-refractivity contribution in [2.75, 3.05) is 0 Å². The predicted molar refractivity (Wildman–Crippen MR) is 133 cm³/mol. The van der Waals surface area contributed by atoms with Crippen molar-refractivity contribution in [2.24, 2.45) is 46.3 Å². The van der Waals surface area contributed by atoms with Crippen molar-refractivity contribution in [3.05, 3.63) is 0 Å². The molecule has 8 heteroatoms. The molecule has 8 nitrogen and oxygen atoms in total. The van der Waals surface area contributed by atoms with E-state index in [4.69, 9.17) is 5.11 Å². The second-order valence-electron chi connectivity index (χ2n) is 13.0. The van der Waals surface area contributed by atoms with Gasteiger partial charge in [0, 0.05) is 6.42 Å². The zero-order chi connectivity index (χ0) is 26.4. The van der Waals surface area contributed by atoms with Gasteiger partial charge >= 0.3 is 11.9 Å². The number of aliphatic carboxylic acids is 2. The molecule has 0 aromatic heterocycles. The van der Waals surface area contributed by atoms with Crippen molar-refractivity contribution in [3.8, 4) is 0 Å². The van der Waals surface area contributed by atoms with Gasteiger partial charge in [0.25, 0.3) is 0 Å². The fraction of sp³-hybridized carbons (Fsp3) is 0.893. The largest absolute Gasteiger partial charge is 0.481 e. The normalized spacial score (nSPS) is 43.4. The topological polar surface area (TPSA) is 144 Å². The molecule has 204 valence electrons. The summed E-state index contributed by atoms with van der Waals surface area (Å²) >= 11 is 0. The molecule has 4 saturated carbocycles. The minimum absolute atomic E-state index is 0.0985. The average Bonchev–Trinajstić information content (AvgIpc) is 3.15. The number of carboxylic acids is 2. The number of hydrogen-bond donors (Lipinski definition) is 5. The average molecular weight is 508 g/mol. The summed E-state index contributed by atoms with van der Waals surface area (Å²) in [5, 5.41) is 41.9. The highest BCUT2D eigenvalue weighted by molar-refractivity contribution is 5.86. The number of nitrogens with one attached hydrogen (secondary N) is 1. The smallest absolute Gasteiger partial charge is 0.326 e. The van der Waals surface area contributed by atoms with E-state index in [1.54, 1.807) is 0 Å². The minimum Gasteiger partial charge on any atom is -0.481 e. The number of carbonyl (C=O) groups is 3. The molecule has 4 aliphatic carbocycles. The molecule has 36 heavy (non-hydrogen) atoms. The first-order valence-electron chi connectivity index (χ1n) is 14.0. The Morgan fingerprint density at radius 1 is 0.917 bits per heavy atom. The van der Waals surface area contributed by atoms with E-state index in [9.17, 15) is 29.7 Å². The molecule has 0 saturated heterocycles. The standard InChI is InChI=1S/C28H45NO7/c1-15(4-7-24(32)29-22(26(35)36)14-25(33)34)18-5-6-19-17-13-23(31)21-12-16(30)8-10-28(21,3)20(17)9-11-27(18,19)2/h15-23,30-31H,4-14H2,1-3H3,(H,29,32)(H,33,34)(H,35,36). The van der Waals surface area contributed by atoms with Crippen LogP contribution >= 0.6 is 0 Å². The Labute approximate surface area is 214 Å². The fourth-order valence-corrected chi connectivity index (χ4v) is 9.45. The monoisotopic (exact) mass is 507 g/mol. The van der Waals surface area contributed by atoms with Gasteiger partial charge in [-0.2, -0.15) is 0 Å². The molecule has 0 aliphatic heterocycles. The lowest BCUT2D eigenvalue weighted by molar-refractivity contribution is -0.172. The second kappa shape index (κ2) is 10.2. The summed E-state index contributed by atoms with van der Waals surface area (Å²) in [5.41, 5.74) is 0.266. The van der Waals surface area contributed by atoms with Crippen LogP contribution in [0.3, 0.4) is 0 Å². The molecule has 11 atom stereocenters. The molecule has 4 fully saturated rings. The lowest BCUT2D eigenvalue weighted by Gasteiger charge is -2.62. The van der Waals surface area contributed by atoms with Crippen LogP contribution in [0.15, 0.2) is 0 Å². The molecule has 0 heterocycles. The van der Waals surface area contributed by atoms with E-state index in [1.165, 1.54) is 0 Å². The number of carbonyl (C=O) groups excluding carboxylic acids is 1. The lowest BCUT2D eigenvalue weighted by atomic mass is 9.44. The number of rotatable bonds is 8. The third-order valence-electron chi connectivity index (χ3n) is 11.3. The van der Waals surface area contributed by atoms with Gasteiger partial charge in [0.05, 0.1) is 18.6 Å². The fourth-order valence-electron chi connectivity index (χ4n) is 9.45. The summed E-state index contributed by atoms with van der Waals surface area (Å²) in [4.78, 5) is 34.6. The molecule has 5 N–H and O–H groups in total. The number of fused-ring (bicyclic) bond motifs is 5. The maximum absolute atomic E-state index is 12.4. The molecule has 0 radical (unpaired) electrons. The van der Waals surface area contributed by atoms with Crippen molar-refractivity contribution >= 4 is 17.8 Å². The molecular weight excluding hydrogens is 462 g/mol. The number of hydrogen-bond acceptors (Lipinski definition) is 5. The van der Waals surface area contributed by atoms with E-state index in [0.29, 0.717) is 36.0 Å². The summed E-state index contributed by atoms with van der Waals surface area (Å²) < 4.78 is 0. The van der Waals surface area contributed by atoms with Gasteiger partial charge in [-0.25, -0.2) is 4.79 Å². The van der Waals surface area contributed by atoms with Crippen LogP contribution in [0.2, 0.25) is 0 Å². The molecule has 1 amide bonds. The first-order chi connectivity index (χ1) is 16.9. The van der Waals surface area contributed by atoms with E-state index in [-0.39, 0.29) is 35.4 Å². The summed E-state index contributed by atoms with van der Waals surface area (Å²) in [5.74, 6) is -0.378. The summed E-state index contributed by atoms with van der Waals surface area (Å²) in [6.07, 6.45) is 7.53. The van der Waals surface area contributed by atoms with Crippen LogP contribution < -0.4 is 5.32 Å². The van der Waals surface area contributed by atoms with E-state index >= 15 is 0 Å².